The lowest BCUT2D eigenvalue weighted by Crippen LogP contribution is -2.28. The Bertz CT molecular complexity index is 486. The maximum absolute atomic E-state index is 12.0. The van der Waals surface area contributed by atoms with Gasteiger partial charge in [0.25, 0.3) is 0 Å². The van der Waals surface area contributed by atoms with Gasteiger partial charge in [0.05, 0.1) is 26.7 Å². The van der Waals surface area contributed by atoms with E-state index < -0.39 is 0 Å². The van der Waals surface area contributed by atoms with Crippen LogP contribution < -0.4 is 9.47 Å². The predicted octanol–water partition coefficient (Wildman–Crippen LogP) is 2.36. The highest BCUT2D eigenvalue weighted by atomic mass is 16.6. The Labute approximate surface area is 125 Å². The van der Waals surface area contributed by atoms with E-state index >= 15 is 0 Å². The van der Waals surface area contributed by atoms with Crippen molar-refractivity contribution in [3.05, 3.63) is 23.8 Å². The number of hydrogen-bond acceptors (Lipinski definition) is 5. The van der Waals surface area contributed by atoms with E-state index in [1.54, 1.807) is 33.5 Å². The van der Waals surface area contributed by atoms with Crippen molar-refractivity contribution in [1.29, 1.82) is 0 Å². The van der Waals surface area contributed by atoms with Crippen molar-refractivity contribution in [2.75, 3.05) is 21.3 Å². The summed E-state index contributed by atoms with van der Waals surface area (Å²) in [5, 5.41) is 0. The van der Waals surface area contributed by atoms with E-state index in [4.69, 9.17) is 18.9 Å². The van der Waals surface area contributed by atoms with Gasteiger partial charge in [-0.1, -0.05) is 6.07 Å². The molecule has 1 saturated carbocycles. The van der Waals surface area contributed by atoms with E-state index in [1.807, 2.05) is 6.07 Å². The Morgan fingerprint density at radius 3 is 2.48 bits per heavy atom. The van der Waals surface area contributed by atoms with E-state index in [2.05, 4.69) is 0 Å². The average molecular weight is 294 g/mol. The molecule has 5 heteroatoms. The van der Waals surface area contributed by atoms with E-state index in [9.17, 15) is 4.79 Å². The number of methoxy groups -OCH3 is 3. The summed E-state index contributed by atoms with van der Waals surface area (Å²) < 4.78 is 21.2. The molecule has 0 aromatic heterocycles. The monoisotopic (exact) mass is 294 g/mol. The maximum atomic E-state index is 12.0. The molecular weight excluding hydrogens is 272 g/mol. The van der Waals surface area contributed by atoms with Gasteiger partial charge in [-0.3, -0.25) is 4.79 Å². The molecule has 21 heavy (non-hydrogen) atoms. The summed E-state index contributed by atoms with van der Waals surface area (Å²) in [6.45, 7) is 0. The van der Waals surface area contributed by atoms with Crippen molar-refractivity contribution in [1.82, 2.24) is 0 Å². The molecule has 1 fully saturated rings. The van der Waals surface area contributed by atoms with Crippen LogP contribution in [-0.2, 0) is 20.7 Å². The van der Waals surface area contributed by atoms with Gasteiger partial charge >= 0.3 is 5.97 Å². The smallest absolute Gasteiger partial charge is 0.310 e. The van der Waals surface area contributed by atoms with E-state index in [-0.39, 0.29) is 24.6 Å². The summed E-state index contributed by atoms with van der Waals surface area (Å²) in [5.41, 5.74) is 0.838. The van der Waals surface area contributed by atoms with E-state index in [0.717, 1.165) is 24.8 Å². The second-order valence-electron chi connectivity index (χ2n) is 5.10. The first-order valence-corrected chi connectivity index (χ1v) is 7.11. The molecule has 0 radical (unpaired) electrons. The topological polar surface area (TPSA) is 54.0 Å². The molecule has 0 aliphatic heterocycles. The van der Waals surface area contributed by atoms with Gasteiger partial charge in [-0.2, -0.15) is 0 Å². The first-order valence-electron chi connectivity index (χ1n) is 7.11. The summed E-state index contributed by atoms with van der Waals surface area (Å²) >= 11 is 0. The number of benzene rings is 1. The molecule has 0 spiro atoms. The SMILES string of the molecule is COc1ccc(CC(=O)OC2CCCC2OC)cc1OC. The van der Waals surface area contributed by atoms with Crippen LogP contribution in [0.1, 0.15) is 24.8 Å². The quantitative estimate of drug-likeness (QED) is 0.754. The Hall–Kier alpha value is -1.75. The van der Waals surface area contributed by atoms with E-state index in [1.165, 1.54) is 0 Å². The molecule has 0 amide bonds. The van der Waals surface area contributed by atoms with Gasteiger partial charge in [0.2, 0.25) is 0 Å². The number of ether oxygens (including phenoxy) is 4. The third-order valence-electron chi connectivity index (χ3n) is 3.77. The highest BCUT2D eigenvalue weighted by molar-refractivity contribution is 5.73. The molecule has 1 aromatic rings. The van der Waals surface area contributed by atoms with Crippen LogP contribution in [0.2, 0.25) is 0 Å². The highest BCUT2D eigenvalue weighted by Crippen LogP contribution is 2.28. The second-order valence-corrected chi connectivity index (χ2v) is 5.10. The summed E-state index contributed by atoms with van der Waals surface area (Å²) in [6, 6.07) is 5.42. The molecule has 0 bridgehead atoms. The van der Waals surface area contributed by atoms with Gasteiger partial charge in [0, 0.05) is 7.11 Å². The fraction of sp³-hybridized carbons (Fsp3) is 0.562. The Morgan fingerprint density at radius 1 is 1.10 bits per heavy atom. The Morgan fingerprint density at radius 2 is 1.81 bits per heavy atom. The third-order valence-corrected chi connectivity index (χ3v) is 3.77. The molecule has 0 heterocycles. The van der Waals surface area contributed by atoms with Gasteiger partial charge in [-0.15, -0.1) is 0 Å². The average Bonchev–Trinajstić information content (AvgIpc) is 2.94. The molecule has 0 N–H and O–H groups in total. The van der Waals surface area contributed by atoms with Crippen LogP contribution in [0.25, 0.3) is 0 Å². The van der Waals surface area contributed by atoms with Crippen molar-refractivity contribution in [2.24, 2.45) is 0 Å². The molecule has 1 aromatic carbocycles. The van der Waals surface area contributed by atoms with Gasteiger partial charge in [-0.05, 0) is 37.0 Å². The lowest BCUT2D eigenvalue weighted by Gasteiger charge is -2.18. The number of rotatable bonds is 6. The molecule has 0 saturated heterocycles. The minimum Gasteiger partial charge on any atom is -0.493 e. The minimum atomic E-state index is -0.240. The van der Waals surface area contributed by atoms with Crippen molar-refractivity contribution in [3.63, 3.8) is 0 Å². The van der Waals surface area contributed by atoms with Gasteiger partial charge in [-0.25, -0.2) is 0 Å². The second kappa shape index (κ2) is 7.31. The first-order chi connectivity index (χ1) is 10.2. The predicted molar refractivity (Wildman–Crippen MR) is 77.8 cm³/mol. The summed E-state index contributed by atoms with van der Waals surface area (Å²) in [5.74, 6) is 1.01. The molecule has 2 rings (SSSR count). The molecule has 1 aliphatic carbocycles. The first kappa shape index (κ1) is 15.6. The lowest BCUT2D eigenvalue weighted by molar-refractivity contribution is -0.153. The normalized spacial score (nSPS) is 21.1. The molecule has 116 valence electrons. The Kier molecular flexibility index (Phi) is 5.44. The zero-order valence-corrected chi connectivity index (χ0v) is 12.8. The van der Waals surface area contributed by atoms with Crippen LogP contribution in [0.15, 0.2) is 18.2 Å². The summed E-state index contributed by atoms with van der Waals surface area (Å²) in [6.07, 6.45) is 2.98. The van der Waals surface area contributed by atoms with Crippen LogP contribution in [0, 0.1) is 0 Å². The van der Waals surface area contributed by atoms with Crippen LogP contribution >= 0.6 is 0 Å². The number of esters is 1. The number of carbonyl (C=O) groups excluding carboxylic acids is 1. The highest BCUT2D eigenvalue weighted by Gasteiger charge is 2.30. The van der Waals surface area contributed by atoms with E-state index in [0.29, 0.717) is 11.5 Å². The molecule has 5 nitrogen and oxygen atoms in total. The van der Waals surface area contributed by atoms with Crippen LogP contribution in [-0.4, -0.2) is 39.5 Å². The van der Waals surface area contributed by atoms with Gasteiger partial charge in [0.1, 0.15) is 6.10 Å². The Balaban J connectivity index is 1.96. The van der Waals surface area contributed by atoms with Crippen LogP contribution in [0.5, 0.6) is 11.5 Å². The zero-order valence-electron chi connectivity index (χ0n) is 12.8. The van der Waals surface area contributed by atoms with Crippen molar-refractivity contribution >= 4 is 5.97 Å². The number of carbonyl (C=O) groups is 1. The lowest BCUT2D eigenvalue weighted by atomic mass is 10.1. The van der Waals surface area contributed by atoms with Gasteiger partial charge in [0.15, 0.2) is 11.5 Å². The summed E-state index contributed by atoms with van der Waals surface area (Å²) in [4.78, 5) is 12.0. The molecular formula is C16H22O5. The largest absolute Gasteiger partial charge is 0.493 e. The van der Waals surface area contributed by atoms with Gasteiger partial charge < -0.3 is 18.9 Å². The molecule has 1 aliphatic rings. The van der Waals surface area contributed by atoms with Crippen molar-refractivity contribution in [2.45, 2.75) is 37.9 Å². The molecule has 2 unspecified atom stereocenters. The minimum absolute atomic E-state index is 0.0272. The van der Waals surface area contributed by atoms with Crippen LogP contribution in [0.4, 0.5) is 0 Å². The fourth-order valence-electron chi connectivity index (χ4n) is 2.66. The zero-order chi connectivity index (χ0) is 15.2. The van der Waals surface area contributed by atoms with Crippen LogP contribution in [0.3, 0.4) is 0 Å². The van der Waals surface area contributed by atoms with Crippen molar-refractivity contribution < 1.29 is 23.7 Å². The standard InChI is InChI=1S/C16H22O5/c1-18-12-5-4-6-14(12)21-16(17)10-11-7-8-13(19-2)15(9-11)20-3/h7-9,12,14H,4-6,10H2,1-3H3. The fourth-order valence-corrected chi connectivity index (χ4v) is 2.66. The maximum Gasteiger partial charge on any atom is 0.310 e. The van der Waals surface area contributed by atoms with Crippen molar-refractivity contribution in [3.8, 4) is 11.5 Å². The summed E-state index contributed by atoms with van der Waals surface area (Å²) in [7, 11) is 4.81. The molecule has 2 atom stereocenters. The third kappa shape index (κ3) is 3.88. The number of hydrogen-bond donors (Lipinski definition) is 0.